The number of H-pyrrole nitrogens is 6. The van der Waals surface area contributed by atoms with Gasteiger partial charge >= 0.3 is 24.3 Å². The Kier molecular flexibility index (Phi) is 29.9. The van der Waals surface area contributed by atoms with E-state index in [1.165, 1.54) is 0 Å². The monoisotopic (exact) mass is 987 g/mol. The lowest BCUT2D eigenvalue weighted by atomic mass is 10.3. The highest BCUT2D eigenvalue weighted by Gasteiger charge is 2.38. The third-order valence-electron chi connectivity index (χ3n) is 7.07. The Morgan fingerprint density at radius 1 is 0.391 bits per heavy atom. The molecule has 0 spiro atoms. The van der Waals surface area contributed by atoms with Gasteiger partial charge in [0, 0.05) is 79.5 Å². The van der Waals surface area contributed by atoms with Crippen LogP contribution < -0.4 is 37.6 Å². The van der Waals surface area contributed by atoms with Crippen LogP contribution in [0.2, 0.25) is 0 Å². The summed E-state index contributed by atoms with van der Waals surface area (Å²) in [5.41, 5.74) is 9.29. The average Bonchev–Trinajstić information content (AvgIpc) is 4.19. The average molecular weight is 988 g/mol. The molecule has 0 aliphatic rings. The maximum absolute atomic E-state index is 10.9. The van der Waals surface area contributed by atoms with Crippen molar-refractivity contribution in [2.45, 2.75) is 12.4 Å². The van der Waals surface area contributed by atoms with Crippen LogP contribution in [0.1, 0.15) is 62.9 Å². The lowest BCUT2D eigenvalue weighted by molar-refractivity contribution is -0.193. The number of carbonyl (C=O) groups is 8. The van der Waals surface area contributed by atoms with Gasteiger partial charge in [0.15, 0.2) is 0 Å². The largest absolute Gasteiger partial charge is 0.490 e. The van der Waals surface area contributed by atoms with E-state index in [2.05, 4.69) is 61.8 Å². The van der Waals surface area contributed by atoms with Crippen LogP contribution in [0.15, 0.2) is 104 Å². The fourth-order valence-corrected chi connectivity index (χ4v) is 3.73. The van der Waals surface area contributed by atoms with Crippen molar-refractivity contribution >= 4 is 53.1 Å². The van der Waals surface area contributed by atoms with Crippen LogP contribution in [0, 0.1) is 0 Å². The Balaban J connectivity index is 0. The molecule has 0 aliphatic heterocycles. The molecule has 0 bridgehead atoms. The lowest BCUT2D eigenvalue weighted by Gasteiger charge is -1.95. The SMILES string of the molecule is CNC(=O)c1[nH]ccc1N.CNC(=O)c1ccc[nH]1.CNC(=O)c1ccc[nH]1.CNC(=O)c1ccc[nH]1.CNC(=O)c1ccc[nH]1.CNC(=O)c1ccc[nH]1.O=C(O)C(F)(F)F.O=C(O)C(F)(F)F. The summed E-state index contributed by atoms with van der Waals surface area (Å²) in [6.07, 6.45) is 0.0226. The van der Waals surface area contributed by atoms with Crippen LogP contribution >= 0.6 is 0 Å². The van der Waals surface area contributed by atoms with Crippen LogP contribution in [0.25, 0.3) is 0 Å². The number of carbonyl (C=O) groups excluding carboxylic acids is 6. The second kappa shape index (κ2) is 33.3. The highest BCUT2D eigenvalue weighted by Crippen LogP contribution is 2.14. The standard InChI is InChI=1S/C6H9N3O.5C6H8N2O.2C2HF3O2/c1-8-6(10)5-4(7)2-3-9-5;5*1-7-6(9)5-3-2-4-8-5;2*3-2(4,5)1(6)7/h2-3,9H,7H2,1H3,(H,8,10);5*2-4,8H,1H3,(H,7,9);2*(H,6,7). The molecule has 6 heterocycles. The van der Waals surface area contributed by atoms with Crippen LogP contribution in [0.4, 0.5) is 32.0 Å². The number of carboxylic acids is 2. The van der Waals surface area contributed by atoms with Gasteiger partial charge in [-0.2, -0.15) is 26.3 Å². The fourth-order valence-electron chi connectivity index (χ4n) is 3.73. The van der Waals surface area contributed by atoms with Crippen molar-refractivity contribution in [3.05, 3.63) is 138 Å². The highest BCUT2D eigenvalue weighted by atomic mass is 19.4. The molecule has 0 saturated carbocycles. The summed E-state index contributed by atoms with van der Waals surface area (Å²) in [7, 11) is 9.56. The van der Waals surface area contributed by atoms with E-state index in [0.29, 0.717) is 39.9 Å². The van der Waals surface area contributed by atoms with Crippen molar-refractivity contribution in [3.63, 3.8) is 0 Å². The van der Waals surface area contributed by atoms with Crippen molar-refractivity contribution < 1.29 is 74.9 Å². The third kappa shape index (κ3) is 27.0. The molecular formula is C40H51F6N13O10. The molecule has 6 aromatic heterocycles. The zero-order chi connectivity index (χ0) is 53.2. The molecule has 0 unspecified atom stereocenters. The fraction of sp³-hybridized carbons (Fsp3) is 0.200. The summed E-state index contributed by atoms with van der Waals surface area (Å²) in [6, 6.07) is 19.2. The first kappa shape index (κ1) is 61.9. The number of aliphatic carboxylic acids is 2. The van der Waals surface area contributed by atoms with Crippen molar-refractivity contribution in [2.75, 3.05) is 48.0 Å². The second-order valence-corrected chi connectivity index (χ2v) is 11.8. The molecule has 16 N–H and O–H groups in total. The number of rotatable bonds is 6. The van der Waals surface area contributed by atoms with Gasteiger partial charge in [-0.05, 0) is 66.7 Å². The van der Waals surface area contributed by atoms with Gasteiger partial charge in [0.1, 0.15) is 34.2 Å². The number of nitrogen functional groups attached to an aromatic ring is 1. The van der Waals surface area contributed by atoms with Crippen molar-refractivity contribution in [1.82, 2.24) is 61.8 Å². The van der Waals surface area contributed by atoms with Crippen LogP contribution in [0.5, 0.6) is 0 Å². The Morgan fingerprint density at radius 3 is 0.710 bits per heavy atom. The number of carboxylic acid groups (broad SMARTS) is 2. The van der Waals surface area contributed by atoms with Gasteiger partial charge in [-0.15, -0.1) is 0 Å². The van der Waals surface area contributed by atoms with Gasteiger partial charge in [-0.25, -0.2) is 9.59 Å². The molecule has 69 heavy (non-hydrogen) atoms. The number of nitrogens with one attached hydrogen (secondary N) is 12. The lowest BCUT2D eigenvalue weighted by Crippen LogP contribution is -2.21. The molecule has 0 fully saturated rings. The summed E-state index contributed by atoms with van der Waals surface area (Å²) < 4.78 is 63.5. The van der Waals surface area contributed by atoms with Crippen LogP contribution in [0.3, 0.4) is 0 Å². The number of halogens is 6. The molecule has 0 radical (unpaired) electrons. The Bertz CT molecular complexity index is 2070. The number of hydrogen-bond acceptors (Lipinski definition) is 9. The Morgan fingerprint density at radius 2 is 0.594 bits per heavy atom. The quantitative estimate of drug-likeness (QED) is 0.108. The number of aromatic amines is 6. The normalized spacial score (nSPS) is 9.51. The minimum atomic E-state index is -5.08. The van der Waals surface area contributed by atoms with Gasteiger partial charge in [0.2, 0.25) is 0 Å². The minimum absolute atomic E-state index is 0.0833. The summed E-state index contributed by atoms with van der Waals surface area (Å²) in [5, 5.41) is 29.2. The first-order chi connectivity index (χ1) is 32.4. The summed E-state index contributed by atoms with van der Waals surface area (Å²) in [6.45, 7) is 0. The number of alkyl halides is 6. The molecule has 0 atom stereocenters. The van der Waals surface area contributed by atoms with E-state index in [1.54, 1.807) is 146 Å². The topological polar surface area (TPSA) is 370 Å². The number of aromatic nitrogens is 6. The molecule has 6 rings (SSSR count). The molecule has 0 aromatic carbocycles. The van der Waals surface area contributed by atoms with Crippen LogP contribution in [-0.4, -0.2) is 142 Å². The third-order valence-corrected chi connectivity index (χ3v) is 7.07. The summed E-state index contributed by atoms with van der Waals surface area (Å²) in [5.74, 6) is -6.12. The molecule has 6 amide bonds. The molecule has 0 aliphatic carbocycles. The van der Waals surface area contributed by atoms with E-state index in [-0.39, 0.29) is 35.4 Å². The predicted octanol–water partition coefficient (Wildman–Crippen LogP) is 3.09. The molecule has 6 aromatic rings. The molecular weight excluding hydrogens is 937 g/mol. The molecule has 23 nitrogen and oxygen atoms in total. The van der Waals surface area contributed by atoms with E-state index in [4.69, 9.17) is 25.5 Å². The van der Waals surface area contributed by atoms with E-state index in [9.17, 15) is 55.1 Å². The van der Waals surface area contributed by atoms with Crippen LogP contribution in [-0.2, 0) is 9.59 Å². The predicted molar refractivity (Wildman–Crippen MR) is 237 cm³/mol. The summed E-state index contributed by atoms with van der Waals surface area (Å²) in [4.78, 5) is 98.9. The molecule has 29 heteroatoms. The zero-order valence-electron chi connectivity index (χ0n) is 37.3. The second-order valence-electron chi connectivity index (χ2n) is 11.8. The van der Waals surface area contributed by atoms with Crippen molar-refractivity contribution in [2.24, 2.45) is 0 Å². The van der Waals surface area contributed by atoms with E-state index >= 15 is 0 Å². The zero-order valence-corrected chi connectivity index (χ0v) is 37.3. The first-order valence-electron chi connectivity index (χ1n) is 18.9. The molecule has 0 saturated heterocycles. The first-order valence-corrected chi connectivity index (χ1v) is 18.9. The van der Waals surface area contributed by atoms with Crippen molar-refractivity contribution in [1.29, 1.82) is 0 Å². The Hall–Kier alpha value is -9.18. The number of nitrogens with two attached hydrogens (primary N) is 1. The highest BCUT2D eigenvalue weighted by molar-refractivity contribution is 5.97. The van der Waals surface area contributed by atoms with Gasteiger partial charge in [0.05, 0.1) is 5.69 Å². The number of amides is 6. The van der Waals surface area contributed by atoms with Gasteiger partial charge in [-0.1, -0.05) is 0 Å². The number of anilines is 1. The van der Waals surface area contributed by atoms with Gasteiger partial charge in [0.25, 0.3) is 35.4 Å². The maximum atomic E-state index is 10.9. The molecule has 378 valence electrons. The Labute approximate surface area is 387 Å². The van der Waals surface area contributed by atoms with Gasteiger partial charge < -0.3 is 77.8 Å². The van der Waals surface area contributed by atoms with E-state index in [1.807, 2.05) is 0 Å². The van der Waals surface area contributed by atoms with Gasteiger partial charge in [-0.3, -0.25) is 28.8 Å². The van der Waals surface area contributed by atoms with Crippen molar-refractivity contribution in [3.8, 4) is 0 Å². The maximum Gasteiger partial charge on any atom is 0.490 e. The van der Waals surface area contributed by atoms with E-state index in [0.717, 1.165) is 0 Å². The van der Waals surface area contributed by atoms with E-state index < -0.39 is 24.3 Å². The summed E-state index contributed by atoms with van der Waals surface area (Å²) >= 11 is 0. The number of hydrogen-bond donors (Lipinski definition) is 15. The minimum Gasteiger partial charge on any atom is -0.475 e. The smallest absolute Gasteiger partial charge is 0.475 e.